The number of aryl methyl sites for hydroxylation is 1. The Balaban J connectivity index is 1.66. The summed E-state index contributed by atoms with van der Waals surface area (Å²) in [7, 11) is 0. The summed E-state index contributed by atoms with van der Waals surface area (Å²) in [5.74, 6) is -0.198. The quantitative estimate of drug-likeness (QED) is 0.935. The second-order valence-electron chi connectivity index (χ2n) is 5.60. The van der Waals surface area contributed by atoms with Crippen molar-refractivity contribution < 1.29 is 14.4 Å². The Morgan fingerprint density at radius 1 is 1.43 bits per heavy atom. The molecule has 1 atom stereocenters. The lowest BCUT2D eigenvalue weighted by atomic mass is 10.1. The van der Waals surface area contributed by atoms with Gasteiger partial charge in [-0.1, -0.05) is 35.0 Å². The zero-order valence-corrected chi connectivity index (χ0v) is 12.0. The fourth-order valence-electron chi connectivity index (χ4n) is 2.65. The third kappa shape index (κ3) is 3.13. The first-order valence-corrected chi connectivity index (χ1v) is 7.09. The van der Waals surface area contributed by atoms with Crippen molar-refractivity contribution in [3.8, 4) is 11.3 Å². The van der Waals surface area contributed by atoms with Crippen LogP contribution in [0.1, 0.15) is 17.7 Å². The Morgan fingerprint density at radius 2 is 2.19 bits per heavy atom. The van der Waals surface area contributed by atoms with Crippen molar-refractivity contribution in [2.75, 3.05) is 13.1 Å². The Kier molecular flexibility index (Phi) is 3.75. The molecular weight excluding hydrogens is 268 g/mol. The average Bonchev–Trinajstić information content (AvgIpc) is 3.10. The Morgan fingerprint density at radius 3 is 2.86 bits per heavy atom. The second-order valence-corrected chi connectivity index (χ2v) is 5.60. The molecule has 3 rings (SSSR count). The minimum atomic E-state index is -0.713. The van der Waals surface area contributed by atoms with Crippen molar-refractivity contribution >= 4 is 5.97 Å². The lowest BCUT2D eigenvalue weighted by Gasteiger charge is -2.11. The number of carboxylic acids is 1. The fourth-order valence-corrected chi connectivity index (χ4v) is 2.65. The number of aromatic nitrogens is 1. The molecule has 0 spiro atoms. The van der Waals surface area contributed by atoms with Gasteiger partial charge in [0.15, 0.2) is 5.76 Å². The highest BCUT2D eigenvalue weighted by Crippen LogP contribution is 2.23. The molecule has 2 aromatic rings. The summed E-state index contributed by atoms with van der Waals surface area (Å²) in [6.07, 6.45) is 0.703. The van der Waals surface area contributed by atoms with Crippen LogP contribution in [0.25, 0.3) is 11.3 Å². The molecule has 2 heterocycles. The molecule has 5 heteroatoms. The van der Waals surface area contributed by atoms with Crippen LogP contribution in [0.5, 0.6) is 0 Å². The molecule has 1 N–H and O–H groups in total. The SMILES string of the molecule is Cc1ccc(-c2cc(CN3CC[C@H](C(=O)O)C3)on2)cc1. The zero-order valence-electron chi connectivity index (χ0n) is 12.0. The van der Waals surface area contributed by atoms with E-state index >= 15 is 0 Å². The average molecular weight is 286 g/mol. The minimum Gasteiger partial charge on any atom is -0.481 e. The molecule has 0 aliphatic carbocycles. The number of hydrogen-bond acceptors (Lipinski definition) is 4. The summed E-state index contributed by atoms with van der Waals surface area (Å²) in [6.45, 7) is 4.03. The molecule has 0 unspecified atom stereocenters. The molecule has 0 amide bonds. The second kappa shape index (κ2) is 5.69. The molecular formula is C16H18N2O3. The standard InChI is InChI=1S/C16H18N2O3/c1-11-2-4-12(5-3-11)15-8-14(21-17-15)10-18-7-6-13(9-18)16(19)20/h2-5,8,13H,6-7,9-10H2,1H3,(H,19,20)/t13-/m0/s1. The number of carboxylic acid groups (broad SMARTS) is 1. The van der Waals surface area contributed by atoms with Crippen LogP contribution in [-0.2, 0) is 11.3 Å². The van der Waals surface area contributed by atoms with Gasteiger partial charge in [-0.2, -0.15) is 0 Å². The molecule has 1 fully saturated rings. The Hall–Kier alpha value is -2.14. The van der Waals surface area contributed by atoms with E-state index in [9.17, 15) is 4.79 Å². The Bertz CT molecular complexity index is 633. The number of likely N-dealkylation sites (tertiary alicyclic amines) is 1. The largest absolute Gasteiger partial charge is 0.481 e. The molecule has 1 aliphatic heterocycles. The summed E-state index contributed by atoms with van der Waals surface area (Å²) in [6, 6.07) is 10.1. The van der Waals surface area contributed by atoms with Crippen LogP contribution in [0.15, 0.2) is 34.9 Å². The molecule has 21 heavy (non-hydrogen) atoms. The number of benzene rings is 1. The van der Waals surface area contributed by atoms with Gasteiger partial charge in [-0.25, -0.2) is 0 Å². The first-order valence-electron chi connectivity index (χ1n) is 7.09. The van der Waals surface area contributed by atoms with Crippen molar-refractivity contribution in [2.45, 2.75) is 19.9 Å². The van der Waals surface area contributed by atoms with E-state index in [1.807, 2.05) is 37.3 Å². The molecule has 1 saturated heterocycles. The van der Waals surface area contributed by atoms with E-state index in [0.717, 1.165) is 23.6 Å². The van der Waals surface area contributed by atoms with Gasteiger partial charge in [0.05, 0.1) is 12.5 Å². The van der Waals surface area contributed by atoms with Crippen LogP contribution in [0.3, 0.4) is 0 Å². The fraction of sp³-hybridized carbons (Fsp3) is 0.375. The van der Waals surface area contributed by atoms with E-state index in [1.54, 1.807) is 0 Å². The highest BCUT2D eigenvalue weighted by Gasteiger charge is 2.28. The first kappa shape index (κ1) is 13.8. The molecule has 1 aromatic carbocycles. The van der Waals surface area contributed by atoms with Crippen molar-refractivity contribution in [3.63, 3.8) is 0 Å². The number of rotatable bonds is 4. The van der Waals surface area contributed by atoms with Gasteiger partial charge >= 0.3 is 5.97 Å². The molecule has 5 nitrogen and oxygen atoms in total. The molecule has 0 radical (unpaired) electrons. The van der Waals surface area contributed by atoms with Crippen LogP contribution in [0.4, 0.5) is 0 Å². The van der Waals surface area contributed by atoms with Crippen LogP contribution in [0, 0.1) is 12.8 Å². The Labute approximate surface area is 123 Å². The third-order valence-electron chi connectivity index (χ3n) is 3.91. The van der Waals surface area contributed by atoms with Crippen molar-refractivity contribution in [2.24, 2.45) is 5.92 Å². The molecule has 1 aromatic heterocycles. The van der Waals surface area contributed by atoms with Gasteiger partial charge in [-0.3, -0.25) is 9.69 Å². The van der Waals surface area contributed by atoms with E-state index in [0.29, 0.717) is 19.5 Å². The number of carbonyl (C=O) groups is 1. The zero-order chi connectivity index (χ0) is 14.8. The van der Waals surface area contributed by atoms with Gasteiger partial charge in [0, 0.05) is 18.2 Å². The summed E-state index contributed by atoms with van der Waals surface area (Å²) in [5, 5.41) is 13.1. The first-order chi connectivity index (χ1) is 10.1. The highest BCUT2D eigenvalue weighted by molar-refractivity contribution is 5.70. The number of nitrogens with zero attached hydrogens (tertiary/aromatic N) is 2. The molecule has 1 aliphatic rings. The maximum atomic E-state index is 11.0. The van der Waals surface area contributed by atoms with Gasteiger partial charge in [-0.15, -0.1) is 0 Å². The van der Waals surface area contributed by atoms with Gasteiger partial charge < -0.3 is 9.63 Å². The van der Waals surface area contributed by atoms with Gasteiger partial charge in [0.1, 0.15) is 5.69 Å². The van der Waals surface area contributed by atoms with E-state index in [1.165, 1.54) is 5.56 Å². The van der Waals surface area contributed by atoms with Gasteiger partial charge in [0.25, 0.3) is 0 Å². The van der Waals surface area contributed by atoms with Crippen molar-refractivity contribution in [1.29, 1.82) is 0 Å². The minimum absolute atomic E-state index is 0.260. The molecule has 110 valence electrons. The maximum absolute atomic E-state index is 11.0. The summed E-state index contributed by atoms with van der Waals surface area (Å²) >= 11 is 0. The lowest BCUT2D eigenvalue weighted by Crippen LogP contribution is -2.22. The van der Waals surface area contributed by atoms with E-state index in [4.69, 9.17) is 9.63 Å². The monoisotopic (exact) mass is 286 g/mol. The lowest BCUT2D eigenvalue weighted by molar-refractivity contribution is -0.141. The normalized spacial score (nSPS) is 19.0. The van der Waals surface area contributed by atoms with E-state index in [-0.39, 0.29) is 5.92 Å². The summed E-state index contributed by atoms with van der Waals surface area (Å²) < 4.78 is 5.37. The van der Waals surface area contributed by atoms with Crippen molar-refractivity contribution in [1.82, 2.24) is 10.1 Å². The maximum Gasteiger partial charge on any atom is 0.307 e. The highest BCUT2D eigenvalue weighted by atomic mass is 16.5. The smallest absolute Gasteiger partial charge is 0.307 e. The van der Waals surface area contributed by atoms with Gasteiger partial charge in [-0.05, 0) is 19.9 Å². The molecule has 0 bridgehead atoms. The van der Waals surface area contributed by atoms with Crippen LogP contribution in [0.2, 0.25) is 0 Å². The van der Waals surface area contributed by atoms with Crippen LogP contribution < -0.4 is 0 Å². The van der Waals surface area contributed by atoms with E-state index in [2.05, 4.69) is 10.1 Å². The van der Waals surface area contributed by atoms with Crippen molar-refractivity contribution in [3.05, 3.63) is 41.7 Å². The number of hydrogen-bond donors (Lipinski definition) is 1. The topological polar surface area (TPSA) is 66.6 Å². The third-order valence-corrected chi connectivity index (χ3v) is 3.91. The predicted molar refractivity (Wildman–Crippen MR) is 77.7 cm³/mol. The van der Waals surface area contributed by atoms with E-state index < -0.39 is 5.97 Å². The summed E-state index contributed by atoms with van der Waals surface area (Å²) in [5.41, 5.74) is 3.05. The van der Waals surface area contributed by atoms with Gasteiger partial charge in [0.2, 0.25) is 0 Å². The predicted octanol–water partition coefficient (Wildman–Crippen LogP) is 2.56. The van der Waals surface area contributed by atoms with Crippen LogP contribution in [-0.4, -0.2) is 34.2 Å². The number of aliphatic carboxylic acids is 1. The summed E-state index contributed by atoms with van der Waals surface area (Å²) in [4.78, 5) is 13.0. The van der Waals surface area contributed by atoms with Crippen LogP contribution >= 0.6 is 0 Å². The molecule has 0 saturated carbocycles.